The van der Waals surface area contributed by atoms with E-state index in [1.165, 1.54) is 19.2 Å². The summed E-state index contributed by atoms with van der Waals surface area (Å²) in [6.07, 6.45) is 3.88. The summed E-state index contributed by atoms with van der Waals surface area (Å²) in [5, 5.41) is 9.91. The Morgan fingerprint density at radius 1 is 0.893 bits per heavy atom. The highest BCUT2D eigenvalue weighted by molar-refractivity contribution is 5.55. The lowest BCUT2D eigenvalue weighted by molar-refractivity contribution is 0.389. The molecule has 2 aromatic carbocycles. The zero-order valence-electron chi connectivity index (χ0n) is 15.6. The summed E-state index contributed by atoms with van der Waals surface area (Å²) in [7, 11) is 0. The smallest absolute Gasteiger partial charge is 0.231 e. The van der Waals surface area contributed by atoms with Gasteiger partial charge in [0.05, 0.1) is 0 Å². The van der Waals surface area contributed by atoms with E-state index in [1.54, 1.807) is 0 Å². The predicted molar refractivity (Wildman–Crippen MR) is 110 cm³/mol. The molecule has 3 N–H and O–H groups in total. The number of aromatic nitrogens is 3. The number of benzene rings is 2. The van der Waals surface area contributed by atoms with Gasteiger partial charge in [-0.15, -0.1) is 0 Å². The van der Waals surface area contributed by atoms with Crippen LogP contribution in [0.4, 0.5) is 17.6 Å². The zero-order chi connectivity index (χ0) is 19.0. The van der Waals surface area contributed by atoms with Crippen molar-refractivity contribution in [2.75, 3.05) is 30.3 Å². The Balaban J connectivity index is 1.33. The van der Waals surface area contributed by atoms with Crippen LogP contribution in [0.15, 0.2) is 60.9 Å². The number of piperidine rings is 1. The van der Waals surface area contributed by atoms with Crippen LogP contribution in [-0.2, 0) is 0 Å². The van der Waals surface area contributed by atoms with Gasteiger partial charge in [-0.2, -0.15) is 4.98 Å². The first kappa shape index (κ1) is 18.2. The second-order valence-electron chi connectivity index (χ2n) is 6.77. The van der Waals surface area contributed by atoms with Crippen LogP contribution in [0.1, 0.15) is 12.8 Å². The Bertz CT molecular complexity index is 866. The Morgan fingerprint density at radius 3 is 2.39 bits per heavy atom. The van der Waals surface area contributed by atoms with Crippen LogP contribution in [0, 0.1) is 5.92 Å². The number of para-hydroxylation sites is 1. The van der Waals surface area contributed by atoms with Gasteiger partial charge in [-0.05, 0) is 68.2 Å². The Morgan fingerprint density at radius 2 is 1.61 bits per heavy atom. The number of rotatable bonds is 7. The predicted octanol–water partition coefficient (Wildman–Crippen LogP) is 3.82. The molecule has 3 aromatic rings. The van der Waals surface area contributed by atoms with Crippen molar-refractivity contribution in [3.63, 3.8) is 0 Å². The topological polar surface area (TPSA) is 84.0 Å². The molecular weight excluding hydrogens is 352 g/mol. The molecular formula is C21H24N6O. The molecule has 28 heavy (non-hydrogen) atoms. The summed E-state index contributed by atoms with van der Waals surface area (Å²) >= 11 is 0. The first-order valence-electron chi connectivity index (χ1n) is 9.59. The number of nitrogens with one attached hydrogen (secondary N) is 3. The van der Waals surface area contributed by atoms with Gasteiger partial charge in [-0.1, -0.05) is 18.2 Å². The van der Waals surface area contributed by atoms with Gasteiger partial charge >= 0.3 is 0 Å². The number of hydrogen-bond donors (Lipinski definition) is 3. The van der Waals surface area contributed by atoms with E-state index < -0.39 is 0 Å². The maximum atomic E-state index is 5.81. The third kappa shape index (κ3) is 5.17. The largest absolute Gasteiger partial charge is 0.457 e. The van der Waals surface area contributed by atoms with Crippen molar-refractivity contribution >= 4 is 17.6 Å². The van der Waals surface area contributed by atoms with Crippen LogP contribution in [0.3, 0.4) is 0 Å². The lowest BCUT2D eigenvalue weighted by atomic mass is 9.98. The molecule has 144 valence electrons. The SMILES string of the molecule is c1ccc(Oc2ccc(Nc3ncnc(NCC4CCNCC4)n3)cc2)cc1. The number of hydrogen-bond acceptors (Lipinski definition) is 7. The summed E-state index contributed by atoms with van der Waals surface area (Å²) in [6, 6.07) is 17.4. The van der Waals surface area contributed by atoms with Gasteiger partial charge in [0.15, 0.2) is 0 Å². The molecule has 4 rings (SSSR count). The molecule has 1 aliphatic rings. The fourth-order valence-electron chi connectivity index (χ4n) is 3.12. The minimum Gasteiger partial charge on any atom is -0.457 e. The van der Waals surface area contributed by atoms with E-state index >= 15 is 0 Å². The molecule has 0 radical (unpaired) electrons. The van der Waals surface area contributed by atoms with Crippen LogP contribution >= 0.6 is 0 Å². The fraction of sp³-hybridized carbons (Fsp3) is 0.286. The molecule has 2 heterocycles. The fourth-order valence-corrected chi connectivity index (χ4v) is 3.12. The minimum absolute atomic E-state index is 0.513. The van der Waals surface area contributed by atoms with Gasteiger partial charge in [0.25, 0.3) is 0 Å². The molecule has 0 amide bonds. The monoisotopic (exact) mass is 376 g/mol. The molecule has 7 heteroatoms. The summed E-state index contributed by atoms with van der Waals surface area (Å²) in [5.74, 6) is 3.35. The standard InChI is InChI=1S/C21H24N6O/c1-2-4-18(5-3-1)28-19-8-6-17(7-9-19)26-21-25-15-24-20(27-21)23-14-16-10-12-22-13-11-16/h1-9,15-16,22H,10-14H2,(H2,23,24,25,26,27). The first-order chi connectivity index (χ1) is 13.8. The molecule has 0 atom stereocenters. The normalized spacial score (nSPS) is 14.4. The van der Waals surface area contributed by atoms with Gasteiger partial charge in [0, 0.05) is 12.2 Å². The van der Waals surface area contributed by atoms with Gasteiger partial charge in [0.1, 0.15) is 17.8 Å². The van der Waals surface area contributed by atoms with Crippen LogP contribution in [0.5, 0.6) is 11.5 Å². The van der Waals surface area contributed by atoms with Crippen molar-refractivity contribution in [1.29, 1.82) is 0 Å². The summed E-state index contributed by atoms with van der Waals surface area (Å²) in [4.78, 5) is 12.9. The highest BCUT2D eigenvalue weighted by atomic mass is 16.5. The Hall–Kier alpha value is -3.19. The second kappa shape index (κ2) is 9.14. The van der Waals surface area contributed by atoms with Crippen molar-refractivity contribution in [1.82, 2.24) is 20.3 Å². The molecule has 1 fully saturated rings. The van der Waals surface area contributed by atoms with E-state index in [4.69, 9.17) is 4.74 Å². The molecule has 0 saturated carbocycles. The van der Waals surface area contributed by atoms with Gasteiger partial charge in [0.2, 0.25) is 11.9 Å². The van der Waals surface area contributed by atoms with E-state index in [0.717, 1.165) is 36.8 Å². The third-order valence-electron chi connectivity index (χ3n) is 4.67. The van der Waals surface area contributed by atoms with Crippen molar-refractivity contribution < 1.29 is 4.74 Å². The summed E-state index contributed by atoms with van der Waals surface area (Å²) in [6.45, 7) is 3.05. The third-order valence-corrected chi connectivity index (χ3v) is 4.67. The second-order valence-corrected chi connectivity index (χ2v) is 6.77. The molecule has 0 bridgehead atoms. The van der Waals surface area contributed by atoms with E-state index in [1.807, 2.05) is 54.6 Å². The van der Waals surface area contributed by atoms with Crippen molar-refractivity contribution in [3.8, 4) is 11.5 Å². The van der Waals surface area contributed by atoms with Crippen LogP contribution in [0.25, 0.3) is 0 Å². The van der Waals surface area contributed by atoms with E-state index in [-0.39, 0.29) is 0 Å². The van der Waals surface area contributed by atoms with Gasteiger partial charge < -0.3 is 20.7 Å². The zero-order valence-corrected chi connectivity index (χ0v) is 15.6. The number of nitrogens with zero attached hydrogens (tertiary/aromatic N) is 3. The maximum absolute atomic E-state index is 5.81. The minimum atomic E-state index is 0.513. The number of ether oxygens (including phenoxy) is 1. The highest BCUT2D eigenvalue weighted by Gasteiger charge is 2.13. The van der Waals surface area contributed by atoms with Crippen molar-refractivity contribution in [3.05, 3.63) is 60.9 Å². The molecule has 1 saturated heterocycles. The Kier molecular flexibility index (Phi) is 5.94. The molecule has 0 aliphatic carbocycles. The number of anilines is 3. The molecule has 1 aromatic heterocycles. The Labute approximate surface area is 164 Å². The van der Waals surface area contributed by atoms with E-state index in [0.29, 0.717) is 17.8 Å². The molecule has 0 unspecified atom stereocenters. The van der Waals surface area contributed by atoms with E-state index in [9.17, 15) is 0 Å². The maximum Gasteiger partial charge on any atom is 0.231 e. The van der Waals surface area contributed by atoms with Gasteiger partial charge in [-0.3, -0.25) is 0 Å². The van der Waals surface area contributed by atoms with Crippen LogP contribution in [0.2, 0.25) is 0 Å². The summed E-state index contributed by atoms with van der Waals surface area (Å²) in [5.41, 5.74) is 0.885. The molecule has 7 nitrogen and oxygen atoms in total. The summed E-state index contributed by atoms with van der Waals surface area (Å²) < 4.78 is 5.81. The van der Waals surface area contributed by atoms with Crippen molar-refractivity contribution in [2.24, 2.45) is 5.92 Å². The quantitative estimate of drug-likeness (QED) is 0.578. The molecule has 1 aliphatic heterocycles. The van der Waals surface area contributed by atoms with E-state index in [2.05, 4.69) is 30.9 Å². The average molecular weight is 376 g/mol. The highest BCUT2D eigenvalue weighted by Crippen LogP contribution is 2.23. The van der Waals surface area contributed by atoms with Gasteiger partial charge in [-0.25, -0.2) is 9.97 Å². The lowest BCUT2D eigenvalue weighted by Crippen LogP contribution is -2.31. The average Bonchev–Trinajstić information content (AvgIpc) is 2.76. The lowest BCUT2D eigenvalue weighted by Gasteiger charge is -2.22. The first-order valence-corrected chi connectivity index (χ1v) is 9.59. The van der Waals surface area contributed by atoms with Crippen molar-refractivity contribution in [2.45, 2.75) is 12.8 Å². The molecule has 0 spiro atoms. The van der Waals surface area contributed by atoms with Crippen LogP contribution in [-0.4, -0.2) is 34.6 Å². The van der Waals surface area contributed by atoms with Crippen LogP contribution < -0.4 is 20.7 Å².